The second-order valence-corrected chi connectivity index (χ2v) is 7.27. The highest BCUT2D eigenvalue weighted by atomic mass is 16.2. The van der Waals surface area contributed by atoms with E-state index in [0.717, 1.165) is 16.8 Å². The Balaban J connectivity index is 1.77. The zero-order valence-corrected chi connectivity index (χ0v) is 15.7. The van der Waals surface area contributed by atoms with Crippen LogP contribution >= 0.6 is 0 Å². The van der Waals surface area contributed by atoms with Gasteiger partial charge in [-0.3, -0.25) is 9.59 Å². The van der Waals surface area contributed by atoms with Gasteiger partial charge in [-0.05, 0) is 57.6 Å². The van der Waals surface area contributed by atoms with Crippen LogP contribution in [-0.2, 0) is 9.59 Å². The summed E-state index contributed by atoms with van der Waals surface area (Å²) >= 11 is 0. The summed E-state index contributed by atoms with van der Waals surface area (Å²) in [5, 5.41) is 7.83. The zero-order valence-electron chi connectivity index (χ0n) is 15.7. The van der Waals surface area contributed by atoms with E-state index in [2.05, 4.69) is 16.0 Å². The molecule has 1 aromatic rings. The number of quaternary nitrogens is 1. The van der Waals surface area contributed by atoms with Gasteiger partial charge < -0.3 is 16.0 Å². The fourth-order valence-electron chi connectivity index (χ4n) is 3.52. The summed E-state index contributed by atoms with van der Waals surface area (Å²) < 4.78 is 0. The smallest absolute Gasteiger partial charge is 0.278 e. The van der Waals surface area contributed by atoms with Gasteiger partial charge in [0.05, 0.1) is 12.6 Å². The number of para-hydroxylation sites is 1. The number of amides is 2. The SMILES string of the molecule is Cc1cccc(C)c1NC(=O)CNC(=O)[C@H](C)[NH2+]C1CCCCCC1. The predicted molar refractivity (Wildman–Crippen MR) is 100 cm³/mol. The highest BCUT2D eigenvalue weighted by Crippen LogP contribution is 2.19. The molecule has 0 radical (unpaired) electrons. The van der Waals surface area contributed by atoms with Crippen LogP contribution in [0.15, 0.2) is 18.2 Å². The Morgan fingerprint density at radius 3 is 2.32 bits per heavy atom. The molecule has 0 bridgehead atoms. The highest BCUT2D eigenvalue weighted by molar-refractivity contribution is 5.96. The molecule has 138 valence electrons. The lowest BCUT2D eigenvalue weighted by Gasteiger charge is -2.18. The first kappa shape index (κ1) is 19.4. The number of hydrogen-bond acceptors (Lipinski definition) is 2. The third-order valence-electron chi connectivity index (χ3n) is 5.04. The van der Waals surface area contributed by atoms with E-state index in [9.17, 15) is 9.59 Å². The molecule has 0 aromatic heterocycles. The van der Waals surface area contributed by atoms with Crippen LogP contribution < -0.4 is 16.0 Å². The molecule has 0 unspecified atom stereocenters. The van der Waals surface area contributed by atoms with Gasteiger partial charge in [0, 0.05) is 5.69 Å². The molecule has 5 heteroatoms. The minimum Gasteiger partial charge on any atom is -0.342 e. The van der Waals surface area contributed by atoms with Crippen LogP contribution in [0.1, 0.15) is 56.6 Å². The molecule has 1 aromatic carbocycles. The van der Waals surface area contributed by atoms with Gasteiger partial charge in [0.2, 0.25) is 5.91 Å². The van der Waals surface area contributed by atoms with E-state index in [0.29, 0.717) is 6.04 Å². The van der Waals surface area contributed by atoms with Gasteiger partial charge in [0.15, 0.2) is 6.04 Å². The molecule has 1 fully saturated rings. The lowest BCUT2D eigenvalue weighted by Crippen LogP contribution is -2.96. The Morgan fingerprint density at radius 1 is 1.12 bits per heavy atom. The maximum atomic E-state index is 12.3. The number of rotatable bonds is 6. The lowest BCUT2D eigenvalue weighted by atomic mass is 10.1. The summed E-state index contributed by atoms with van der Waals surface area (Å²) in [5.74, 6) is -0.256. The third-order valence-corrected chi connectivity index (χ3v) is 5.04. The van der Waals surface area contributed by atoms with Gasteiger partial charge in [-0.15, -0.1) is 0 Å². The number of nitrogens with one attached hydrogen (secondary N) is 2. The fraction of sp³-hybridized carbons (Fsp3) is 0.600. The van der Waals surface area contributed by atoms with Gasteiger partial charge in [0.1, 0.15) is 0 Å². The Morgan fingerprint density at radius 2 is 1.72 bits per heavy atom. The molecular weight excluding hydrogens is 314 g/mol. The summed E-state index contributed by atoms with van der Waals surface area (Å²) in [6, 6.07) is 6.27. The molecule has 0 saturated heterocycles. The number of anilines is 1. The van der Waals surface area contributed by atoms with Crippen molar-refractivity contribution in [1.29, 1.82) is 0 Å². The van der Waals surface area contributed by atoms with Crippen molar-refractivity contribution in [2.75, 3.05) is 11.9 Å². The van der Waals surface area contributed by atoms with Crippen molar-refractivity contribution in [3.8, 4) is 0 Å². The largest absolute Gasteiger partial charge is 0.342 e. The maximum absolute atomic E-state index is 12.3. The number of hydrogen-bond donors (Lipinski definition) is 3. The molecule has 0 spiro atoms. The predicted octanol–water partition coefficient (Wildman–Crippen LogP) is 2.03. The molecule has 1 saturated carbocycles. The summed E-state index contributed by atoms with van der Waals surface area (Å²) in [6.45, 7) is 5.86. The normalized spacial score (nSPS) is 16.8. The quantitative estimate of drug-likeness (QED) is 0.690. The Hall–Kier alpha value is -1.88. The second-order valence-electron chi connectivity index (χ2n) is 7.27. The van der Waals surface area contributed by atoms with Crippen LogP contribution in [0.4, 0.5) is 5.69 Å². The third kappa shape index (κ3) is 6.16. The zero-order chi connectivity index (χ0) is 18.2. The molecule has 5 nitrogen and oxygen atoms in total. The molecule has 1 aliphatic rings. The topological polar surface area (TPSA) is 74.8 Å². The second kappa shape index (κ2) is 9.56. The first-order valence-electron chi connectivity index (χ1n) is 9.46. The van der Waals surface area contributed by atoms with Gasteiger partial charge in [0.25, 0.3) is 5.91 Å². The Kier molecular flexibility index (Phi) is 7.44. The van der Waals surface area contributed by atoms with Gasteiger partial charge in [-0.2, -0.15) is 0 Å². The van der Waals surface area contributed by atoms with E-state index in [1.165, 1.54) is 38.5 Å². The molecule has 1 atom stereocenters. The monoisotopic (exact) mass is 346 g/mol. The van der Waals surface area contributed by atoms with Crippen LogP contribution in [0.3, 0.4) is 0 Å². The minimum atomic E-state index is -0.188. The number of carbonyl (C=O) groups excluding carboxylic acids is 2. The van der Waals surface area contributed by atoms with Crippen LogP contribution in [-0.4, -0.2) is 30.4 Å². The molecule has 4 N–H and O–H groups in total. The van der Waals surface area contributed by atoms with Crippen molar-refractivity contribution in [3.05, 3.63) is 29.3 Å². The number of aryl methyl sites for hydroxylation is 2. The average Bonchev–Trinajstić information content (AvgIpc) is 2.84. The van der Waals surface area contributed by atoms with E-state index in [1.54, 1.807) is 0 Å². The van der Waals surface area contributed by atoms with Gasteiger partial charge >= 0.3 is 0 Å². The van der Waals surface area contributed by atoms with E-state index in [4.69, 9.17) is 0 Å². The van der Waals surface area contributed by atoms with Crippen molar-refractivity contribution in [2.45, 2.75) is 71.4 Å². The van der Waals surface area contributed by atoms with E-state index < -0.39 is 0 Å². The highest BCUT2D eigenvalue weighted by Gasteiger charge is 2.23. The fourth-order valence-corrected chi connectivity index (χ4v) is 3.52. The van der Waals surface area contributed by atoms with E-state index >= 15 is 0 Å². The van der Waals surface area contributed by atoms with E-state index in [-0.39, 0.29) is 24.4 Å². The first-order valence-corrected chi connectivity index (χ1v) is 9.46. The molecular formula is C20H32N3O2+. The van der Waals surface area contributed by atoms with Crippen molar-refractivity contribution >= 4 is 17.5 Å². The molecule has 2 rings (SSSR count). The first-order chi connectivity index (χ1) is 12.0. The average molecular weight is 346 g/mol. The van der Waals surface area contributed by atoms with Crippen LogP contribution in [0.2, 0.25) is 0 Å². The summed E-state index contributed by atoms with van der Waals surface area (Å²) in [5.41, 5.74) is 2.88. The molecule has 0 aliphatic heterocycles. The van der Waals surface area contributed by atoms with Crippen molar-refractivity contribution in [3.63, 3.8) is 0 Å². The van der Waals surface area contributed by atoms with Crippen LogP contribution in [0.25, 0.3) is 0 Å². The standard InChI is InChI=1S/C20H31N3O2/c1-14-9-8-10-15(2)19(14)23-18(24)13-21-20(25)16(3)22-17-11-6-4-5-7-12-17/h8-10,16-17,22H,4-7,11-13H2,1-3H3,(H,21,25)(H,23,24)/p+1/t16-/m0/s1. The van der Waals surface area contributed by atoms with Crippen LogP contribution in [0.5, 0.6) is 0 Å². The molecule has 2 amide bonds. The summed E-state index contributed by atoms with van der Waals surface area (Å²) in [6.07, 6.45) is 7.50. The van der Waals surface area contributed by atoms with Crippen molar-refractivity contribution in [1.82, 2.24) is 5.32 Å². The number of nitrogens with two attached hydrogens (primary N) is 1. The number of carbonyl (C=O) groups is 2. The molecule has 0 heterocycles. The van der Waals surface area contributed by atoms with Crippen molar-refractivity contribution in [2.24, 2.45) is 0 Å². The lowest BCUT2D eigenvalue weighted by molar-refractivity contribution is -0.707. The van der Waals surface area contributed by atoms with Gasteiger partial charge in [-0.1, -0.05) is 31.0 Å². The van der Waals surface area contributed by atoms with Crippen LogP contribution in [0, 0.1) is 13.8 Å². The Bertz CT molecular complexity index is 572. The van der Waals surface area contributed by atoms with E-state index in [1.807, 2.05) is 39.0 Å². The molecule has 1 aliphatic carbocycles. The molecule has 25 heavy (non-hydrogen) atoms. The van der Waals surface area contributed by atoms with Gasteiger partial charge in [-0.25, -0.2) is 0 Å². The Labute approximate surface area is 151 Å². The maximum Gasteiger partial charge on any atom is 0.278 e. The summed E-state index contributed by atoms with van der Waals surface area (Å²) in [7, 11) is 0. The van der Waals surface area contributed by atoms with Crippen molar-refractivity contribution < 1.29 is 14.9 Å². The number of benzene rings is 1. The summed E-state index contributed by atoms with van der Waals surface area (Å²) in [4.78, 5) is 24.4. The minimum absolute atomic E-state index is 0.00938.